The Balaban J connectivity index is 2.15. The van der Waals surface area contributed by atoms with Crippen LogP contribution < -0.4 is 10.2 Å². The molecule has 1 atom stereocenters. The molecule has 24 heavy (non-hydrogen) atoms. The van der Waals surface area contributed by atoms with Crippen LogP contribution in [0, 0.1) is 6.92 Å². The molecule has 2 N–H and O–H groups in total. The number of carbonyl (C=O) groups is 1. The van der Waals surface area contributed by atoms with Crippen molar-refractivity contribution in [2.75, 3.05) is 44.8 Å². The number of anilines is 1. The minimum atomic E-state index is -0.919. The summed E-state index contributed by atoms with van der Waals surface area (Å²) in [5, 5.41) is 13.6. The Kier molecular flexibility index (Phi) is 4.73. The van der Waals surface area contributed by atoms with Crippen LogP contribution in [-0.4, -0.2) is 60.5 Å². The lowest BCUT2D eigenvalue weighted by molar-refractivity contribution is 0.0697. The number of pyridine rings is 1. The lowest BCUT2D eigenvalue weighted by atomic mass is 10.2. The van der Waals surface area contributed by atoms with E-state index in [4.69, 9.17) is 9.72 Å². The molecule has 1 unspecified atom stereocenters. The zero-order valence-electron chi connectivity index (χ0n) is 14.4. The van der Waals surface area contributed by atoms with Crippen LogP contribution >= 0.6 is 0 Å². The topological polar surface area (TPSA) is 79.6 Å². The minimum Gasteiger partial charge on any atom is -0.478 e. The van der Waals surface area contributed by atoms with Crippen molar-refractivity contribution in [3.63, 3.8) is 0 Å². The minimum absolute atomic E-state index is 0.0105. The SMILES string of the molecule is COCC(C)n1c(C)c(C(=O)O)c2ccc(N3CCNCC3)nc21. The lowest BCUT2D eigenvalue weighted by Gasteiger charge is -2.28. The van der Waals surface area contributed by atoms with E-state index < -0.39 is 5.97 Å². The summed E-state index contributed by atoms with van der Waals surface area (Å²) < 4.78 is 7.24. The number of fused-ring (bicyclic) bond motifs is 1. The van der Waals surface area contributed by atoms with Crippen molar-refractivity contribution in [1.82, 2.24) is 14.9 Å². The van der Waals surface area contributed by atoms with E-state index in [0.717, 1.165) is 32.0 Å². The van der Waals surface area contributed by atoms with E-state index in [1.54, 1.807) is 7.11 Å². The first-order valence-electron chi connectivity index (χ1n) is 8.24. The number of hydrogen-bond acceptors (Lipinski definition) is 5. The van der Waals surface area contributed by atoms with Crippen LogP contribution in [0.15, 0.2) is 12.1 Å². The summed E-state index contributed by atoms with van der Waals surface area (Å²) in [5.41, 5.74) is 1.75. The lowest BCUT2D eigenvalue weighted by Crippen LogP contribution is -2.43. The molecule has 0 amide bonds. The highest BCUT2D eigenvalue weighted by Gasteiger charge is 2.24. The van der Waals surface area contributed by atoms with E-state index in [-0.39, 0.29) is 6.04 Å². The van der Waals surface area contributed by atoms with Crippen LogP contribution in [0.3, 0.4) is 0 Å². The Morgan fingerprint density at radius 3 is 2.75 bits per heavy atom. The summed E-state index contributed by atoms with van der Waals surface area (Å²) in [6, 6.07) is 3.81. The molecule has 3 heterocycles. The number of nitrogens with one attached hydrogen (secondary N) is 1. The number of piperazine rings is 1. The average Bonchev–Trinajstić information content (AvgIpc) is 2.87. The fourth-order valence-corrected chi connectivity index (χ4v) is 3.49. The highest BCUT2D eigenvalue weighted by atomic mass is 16.5. The van der Waals surface area contributed by atoms with Gasteiger partial charge in [-0.2, -0.15) is 0 Å². The highest BCUT2D eigenvalue weighted by molar-refractivity contribution is 6.04. The largest absolute Gasteiger partial charge is 0.478 e. The summed E-state index contributed by atoms with van der Waals surface area (Å²) in [7, 11) is 1.65. The molecule has 0 bridgehead atoms. The van der Waals surface area contributed by atoms with Crippen LogP contribution in [0.5, 0.6) is 0 Å². The Labute approximate surface area is 141 Å². The molecule has 1 fully saturated rings. The van der Waals surface area contributed by atoms with Gasteiger partial charge in [-0.05, 0) is 26.0 Å². The normalized spacial score (nSPS) is 16.5. The summed E-state index contributed by atoms with van der Waals surface area (Å²) in [6.45, 7) is 8.02. The molecule has 130 valence electrons. The Hall–Kier alpha value is -2.12. The summed E-state index contributed by atoms with van der Waals surface area (Å²) >= 11 is 0. The first-order chi connectivity index (χ1) is 11.5. The van der Waals surface area contributed by atoms with Crippen molar-refractivity contribution in [2.24, 2.45) is 0 Å². The van der Waals surface area contributed by atoms with Gasteiger partial charge in [0, 0.05) is 44.4 Å². The second-order valence-electron chi connectivity index (χ2n) is 6.22. The third-order valence-electron chi connectivity index (χ3n) is 4.58. The predicted molar refractivity (Wildman–Crippen MR) is 93.1 cm³/mol. The second kappa shape index (κ2) is 6.78. The molecule has 7 nitrogen and oxygen atoms in total. The number of hydrogen-bond donors (Lipinski definition) is 2. The molecule has 0 aliphatic carbocycles. The Morgan fingerprint density at radius 2 is 2.12 bits per heavy atom. The van der Waals surface area contributed by atoms with Gasteiger partial charge in [-0.25, -0.2) is 9.78 Å². The fraction of sp³-hybridized carbons (Fsp3) is 0.529. The summed E-state index contributed by atoms with van der Waals surface area (Å²) in [5.74, 6) is -0.0260. The number of methoxy groups -OCH3 is 1. The summed E-state index contributed by atoms with van der Waals surface area (Å²) in [6.07, 6.45) is 0. The van der Waals surface area contributed by atoms with Gasteiger partial charge in [0.2, 0.25) is 0 Å². The molecular weight excluding hydrogens is 308 g/mol. The zero-order chi connectivity index (χ0) is 17.3. The maximum atomic E-state index is 11.7. The van der Waals surface area contributed by atoms with Crippen molar-refractivity contribution in [3.05, 3.63) is 23.4 Å². The standard InChI is InChI=1S/C17H24N4O3/c1-11(10-24-3)21-12(2)15(17(22)23)13-4-5-14(19-16(13)21)20-8-6-18-7-9-20/h4-5,11,18H,6-10H2,1-3H3,(H,22,23). The summed E-state index contributed by atoms with van der Waals surface area (Å²) in [4.78, 5) is 18.8. The molecular formula is C17H24N4O3. The molecule has 1 aliphatic heterocycles. The number of aromatic nitrogens is 2. The van der Waals surface area contributed by atoms with Gasteiger partial charge < -0.3 is 24.6 Å². The monoisotopic (exact) mass is 332 g/mol. The predicted octanol–water partition coefficient (Wildman–Crippen LogP) is 1.66. The van der Waals surface area contributed by atoms with Gasteiger partial charge in [0.25, 0.3) is 0 Å². The number of nitrogens with zero attached hydrogens (tertiary/aromatic N) is 3. The first kappa shape index (κ1) is 16.7. The number of ether oxygens (including phenoxy) is 1. The maximum Gasteiger partial charge on any atom is 0.338 e. The van der Waals surface area contributed by atoms with Crippen LogP contribution in [0.2, 0.25) is 0 Å². The van der Waals surface area contributed by atoms with E-state index in [2.05, 4.69) is 10.2 Å². The van der Waals surface area contributed by atoms with Crippen molar-refractivity contribution >= 4 is 22.8 Å². The zero-order valence-corrected chi connectivity index (χ0v) is 14.4. The van der Waals surface area contributed by atoms with Crippen molar-refractivity contribution < 1.29 is 14.6 Å². The van der Waals surface area contributed by atoms with Crippen LogP contribution in [0.1, 0.15) is 29.0 Å². The molecule has 0 radical (unpaired) electrons. The van der Waals surface area contributed by atoms with Gasteiger partial charge >= 0.3 is 5.97 Å². The molecule has 0 spiro atoms. The van der Waals surface area contributed by atoms with E-state index in [1.165, 1.54) is 0 Å². The van der Waals surface area contributed by atoms with E-state index in [1.807, 2.05) is 30.5 Å². The second-order valence-corrected chi connectivity index (χ2v) is 6.22. The first-order valence-corrected chi connectivity index (χ1v) is 8.24. The van der Waals surface area contributed by atoms with Gasteiger partial charge in [0.1, 0.15) is 11.5 Å². The van der Waals surface area contributed by atoms with Gasteiger partial charge in [0.15, 0.2) is 0 Å². The molecule has 0 saturated carbocycles. The quantitative estimate of drug-likeness (QED) is 0.867. The Morgan fingerprint density at radius 1 is 1.42 bits per heavy atom. The molecule has 2 aromatic heterocycles. The van der Waals surface area contributed by atoms with E-state index >= 15 is 0 Å². The van der Waals surface area contributed by atoms with E-state index in [0.29, 0.717) is 28.9 Å². The molecule has 3 rings (SSSR count). The Bertz CT molecular complexity index is 750. The maximum absolute atomic E-state index is 11.7. The van der Waals surface area contributed by atoms with Crippen LogP contribution in [0.4, 0.5) is 5.82 Å². The van der Waals surface area contributed by atoms with Crippen molar-refractivity contribution in [1.29, 1.82) is 0 Å². The average molecular weight is 332 g/mol. The molecule has 1 aliphatic rings. The number of rotatable bonds is 5. The third-order valence-corrected chi connectivity index (χ3v) is 4.58. The fourth-order valence-electron chi connectivity index (χ4n) is 3.49. The van der Waals surface area contributed by atoms with Crippen LogP contribution in [0.25, 0.3) is 11.0 Å². The number of carboxylic acids is 1. The molecule has 2 aromatic rings. The van der Waals surface area contributed by atoms with Crippen molar-refractivity contribution in [2.45, 2.75) is 19.9 Å². The van der Waals surface area contributed by atoms with Crippen LogP contribution in [-0.2, 0) is 4.74 Å². The van der Waals surface area contributed by atoms with Gasteiger partial charge in [-0.3, -0.25) is 0 Å². The number of aromatic carboxylic acids is 1. The van der Waals surface area contributed by atoms with Gasteiger partial charge in [-0.15, -0.1) is 0 Å². The van der Waals surface area contributed by atoms with E-state index in [9.17, 15) is 9.90 Å². The molecule has 7 heteroatoms. The van der Waals surface area contributed by atoms with Gasteiger partial charge in [-0.1, -0.05) is 0 Å². The highest BCUT2D eigenvalue weighted by Crippen LogP contribution is 2.30. The van der Waals surface area contributed by atoms with Crippen molar-refractivity contribution in [3.8, 4) is 0 Å². The number of carboxylic acid groups (broad SMARTS) is 1. The molecule has 0 aromatic carbocycles. The molecule has 1 saturated heterocycles. The third kappa shape index (κ3) is 2.85. The smallest absolute Gasteiger partial charge is 0.338 e. The van der Waals surface area contributed by atoms with Gasteiger partial charge in [0.05, 0.1) is 18.2 Å².